The van der Waals surface area contributed by atoms with E-state index in [1.807, 2.05) is 0 Å². The SMILES string of the molecule is CCC(=O)c1ccc(Oc2cc(C#N)c(C#N)cc2[N+](=O)[O-])cc1. The Kier molecular flexibility index (Phi) is 4.88. The van der Waals surface area contributed by atoms with E-state index < -0.39 is 10.6 Å². The summed E-state index contributed by atoms with van der Waals surface area (Å²) in [6, 6.07) is 11.8. The van der Waals surface area contributed by atoms with Crippen molar-refractivity contribution in [2.24, 2.45) is 0 Å². The first-order valence-corrected chi connectivity index (χ1v) is 6.94. The maximum atomic E-state index is 11.6. The molecule has 0 bridgehead atoms. The standard InChI is InChI=1S/C17H11N3O4/c1-2-16(21)11-3-5-14(6-4-11)24-17-8-13(10-19)12(9-18)7-15(17)20(22)23/h3-8H,2H2,1H3. The molecule has 0 aliphatic heterocycles. The van der Waals surface area contributed by atoms with Gasteiger partial charge in [-0.25, -0.2) is 0 Å². The Morgan fingerprint density at radius 1 is 1.17 bits per heavy atom. The Morgan fingerprint density at radius 3 is 2.25 bits per heavy atom. The molecule has 0 unspecified atom stereocenters. The Hall–Kier alpha value is -3.71. The third kappa shape index (κ3) is 3.37. The number of nitro benzene ring substituents is 1. The summed E-state index contributed by atoms with van der Waals surface area (Å²) in [4.78, 5) is 22.0. The number of nitrogens with zero attached hydrogens (tertiary/aromatic N) is 3. The van der Waals surface area contributed by atoms with E-state index in [0.717, 1.165) is 12.1 Å². The van der Waals surface area contributed by atoms with E-state index >= 15 is 0 Å². The van der Waals surface area contributed by atoms with Gasteiger partial charge in [0.15, 0.2) is 5.78 Å². The van der Waals surface area contributed by atoms with Crippen molar-refractivity contribution in [1.82, 2.24) is 0 Å². The zero-order valence-electron chi connectivity index (χ0n) is 12.6. The molecule has 0 amide bonds. The summed E-state index contributed by atoms with van der Waals surface area (Å²) in [6.45, 7) is 1.75. The Labute approximate surface area is 137 Å². The van der Waals surface area contributed by atoms with Crippen LogP contribution in [-0.2, 0) is 0 Å². The van der Waals surface area contributed by atoms with Crippen molar-refractivity contribution < 1.29 is 14.5 Å². The predicted molar refractivity (Wildman–Crippen MR) is 83.7 cm³/mol. The molecule has 0 aromatic heterocycles. The number of ketones is 1. The summed E-state index contributed by atoms with van der Waals surface area (Å²) in [7, 11) is 0. The Bertz CT molecular complexity index is 890. The number of carbonyl (C=O) groups excluding carboxylic acids is 1. The summed E-state index contributed by atoms with van der Waals surface area (Å²) in [5, 5.41) is 29.1. The first-order chi connectivity index (χ1) is 11.5. The van der Waals surface area contributed by atoms with E-state index in [-0.39, 0.29) is 28.4 Å². The molecule has 0 atom stereocenters. The van der Waals surface area contributed by atoms with Gasteiger partial charge in [-0.1, -0.05) is 6.92 Å². The first kappa shape index (κ1) is 16.7. The van der Waals surface area contributed by atoms with E-state index in [2.05, 4.69) is 0 Å². The largest absolute Gasteiger partial charge is 0.450 e. The van der Waals surface area contributed by atoms with Crippen LogP contribution >= 0.6 is 0 Å². The van der Waals surface area contributed by atoms with Crippen molar-refractivity contribution in [3.8, 4) is 23.6 Å². The lowest BCUT2D eigenvalue weighted by Gasteiger charge is -2.08. The highest BCUT2D eigenvalue weighted by molar-refractivity contribution is 5.95. The maximum absolute atomic E-state index is 11.6. The molecule has 0 aliphatic rings. The van der Waals surface area contributed by atoms with Gasteiger partial charge in [0.1, 0.15) is 17.9 Å². The first-order valence-electron chi connectivity index (χ1n) is 6.94. The number of carbonyl (C=O) groups is 1. The highest BCUT2D eigenvalue weighted by atomic mass is 16.6. The highest BCUT2D eigenvalue weighted by Crippen LogP contribution is 2.34. The van der Waals surface area contributed by atoms with E-state index in [0.29, 0.717) is 12.0 Å². The molecule has 2 aromatic carbocycles. The van der Waals surface area contributed by atoms with E-state index in [4.69, 9.17) is 15.3 Å². The zero-order chi connectivity index (χ0) is 17.7. The molecule has 0 radical (unpaired) electrons. The van der Waals surface area contributed by atoms with Gasteiger partial charge in [0.25, 0.3) is 0 Å². The van der Waals surface area contributed by atoms with Crippen molar-refractivity contribution in [1.29, 1.82) is 10.5 Å². The normalized spacial score (nSPS) is 9.62. The lowest BCUT2D eigenvalue weighted by Crippen LogP contribution is -1.98. The van der Waals surface area contributed by atoms with Crippen LogP contribution in [0.5, 0.6) is 11.5 Å². The molecule has 2 aromatic rings. The van der Waals surface area contributed by atoms with E-state index in [1.165, 1.54) is 12.1 Å². The summed E-state index contributed by atoms with van der Waals surface area (Å²) in [5.74, 6) is 0.0992. The summed E-state index contributed by atoms with van der Waals surface area (Å²) in [6.07, 6.45) is 0.368. The number of hydrogen-bond donors (Lipinski definition) is 0. The van der Waals surface area contributed by atoms with Crippen molar-refractivity contribution in [2.45, 2.75) is 13.3 Å². The van der Waals surface area contributed by atoms with Crippen LogP contribution in [0, 0.1) is 32.8 Å². The van der Waals surface area contributed by atoms with Crippen molar-refractivity contribution in [3.05, 3.63) is 63.2 Å². The highest BCUT2D eigenvalue weighted by Gasteiger charge is 2.20. The second kappa shape index (κ2) is 7.03. The van der Waals surface area contributed by atoms with Crippen molar-refractivity contribution in [3.63, 3.8) is 0 Å². The number of nitriles is 2. The molecule has 7 heteroatoms. The number of benzene rings is 2. The monoisotopic (exact) mass is 321 g/mol. The minimum absolute atomic E-state index is 0.0177. The Balaban J connectivity index is 2.42. The van der Waals surface area contributed by atoms with Crippen LogP contribution in [-0.4, -0.2) is 10.7 Å². The lowest BCUT2D eigenvalue weighted by molar-refractivity contribution is -0.385. The molecule has 118 valence electrons. The van der Waals surface area contributed by atoms with Crippen LogP contribution in [0.25, 0.3) is 0 Å². The van der Waals surface area contributed by atoms with Crippen LogP contribution in [0.15, 0.2) is 36.4 Å². The predicted octanol–water partition coefficient (Wildman–Crippen LogP) is 3.72. The Morgan fingerprint density at radius 2 is 1.75 bits per heavy atom. The molecule has 0 heterocycles. The zero-order valence-corrected chi connectivity index (χ0v) is 12.6. The molecule has 24 heavy (non-hydrogen) atoms. The number of ether oxygens (including phenoxy) is 1. The molecule has 0 fully saturated rings. The smallest absolute Gasteiger partial charge is 0.312 e. The van der Waals surface area contributed by atoms with Gasteiger partial charge in [-0.3, -0.25) is 14.9 Å². The summed E-state index contributed by atoms with van der Waals surface area (Å²) < 4.78 is 5.47. The average Bonchev–Trinajstić information content (AvgIpc) is 2.61. The van der Waals surface area contributed by atoms with Gasteiger partial charge >= 0.3 is 5.69 Å². The van der Waals surface area contributed by atoms with Gasteiger partial charge in [-0.2, -0.15) is 10.5 Å². The van der Waals surface area contributed by atoms with E-state index in [9.17, 15) is 14.9 Å². The molecule has 2 rings (SSSR count). The third-order valence-electron chi connectivity index (χ3n) is 3.26. The molecule has 0 saturated carbocycles. The second-order valence-electron chi connectivity index (χ2n) is 4.75. The van der Waals surface area contributed by atoms with Gasteiger partial charge in [0.2, 0.25) is 5.75 Å². The fourth-order valence-electron chi connectivity index (χ4n) is 2.02. The molecular weight excluding hydrogens is 310 g/mol. The minimum Gasteiger partial charge on any atom is -0.450 e. The average molecular weight is 321 g/mol. The molecule has 0 aliphatic carbocycles. The van der Waals surface area contributed by atoms with E-state index in [1.54, 1.807) is 31.2 Å². The van der Waals surface area contributed by atoms with Crippen LogP contribution in [0.2, 0.25) is 0 Å². The fraction of sp³-hybridized carbons (Fsp3) is 0.118. The molecule has 0 spiro atoms. The van der Waals surface area contributed by atoms with Crippen LogP contribution in [0.1, 0.15) is 34.8 Å². The quantitative estimate of drug-likeness (QED) is 0.470. The molecule has 7 nitrogen and oxygen atoms in total. The van der Waals surface area contributed by atoms with Gasteiger partial charge in [0.05, 0.1) is 16.1 Å². The number of Topliss-reactive ketones (excluding diaryl/α,β-unsaturated/α-hetero) is 1. The minimum atomic E-state index is -0.688. The lowest BCUT2D eigenvalue weighted by atomic mass is 10.1. The van der Waals surface area contributed by atoms with Crippen molar-refractivity contribution >= 4 is 11.5 Å². The topological polar surface area (TPSA) is 117 Å². The second-order valence-corrected chi connectivity index (χ2v) is 4.75. The molecule has 0 saturated heterocycles. The maximum Gasteiger partial charge on any atom is 0.312 e. The van der Waals surface area contributed by atoms with Gasteiger partial charge in [-0.05, 0) is 24.3 Å². The van der Waals surface area contributed by atoms with Crippen LogP contribution in [0.4, 0.5) is 5.69 Å². The van der Waals surface area contributed by atoms with Gasteiger partial charge in [-0.15, -0.1) is 0 Å². The summed E-state index contributed by atoms with van der Waals surface area (Å²) in [5.41, 5.74) is -0.0209. The molecule has 0 N–H and O–H groups in total. The fourth-order valence-corrected chi connectivity index (χ4v) is 2.02. The number of nitro groups is 1. The third-order valence-corrected chi connectivity index (χ3v) is 3.26. The van der Waals surface area contributed by atoms with Gasteiger partial charge in [0, 0.05) is 24.1 Å². The summed E-state index contributed by atoms with van der Waals surface area (Å²) >= 11 is 0. The molecular formula is C17H11N3O4. The van der Waals surface area contributed by atoms with Gasteiger partial charge < -0.3 is 4.74 Å². The number of rotatable bonds is 5. The van der Waals surface area contributed by atoms with Crippen LogP contribution in [0.3, 0.4) is 0 Å². The van der Waals surface area contributed by atoms with Crippen molar-refractivity contribution in [2.75, 3.05) is 0 Å². The number of hydrogen-bond acceptors (Lipinski definition) is 6. The van der Waals surface area contributed by atoms with Crippen LogP contribution < -0.4 is 4.74 Å².